The normalized spacial score (nSPS) is 17.1. The highest BCUT2D eigenvalue weighted by Gasteiger charge is 2.33. The molecule has 0 fully saturated rings. The van der Waals surface area contributed by atoms with Gasteiger partial charge in [-0.05, 0) is 45.2 Å². The lowest BCUT2D eigenvalue weighted by Crippen LogP contribution is -2.44. The van der Waals surface area contributed by atoms with Crippen LogP contribution in [0.25, 0.3) is 5.70 Å². The van der Waals surface area contributed by atoms with Gasteiger partial charge in [-0.3, -0.25) is 9.69 Å². The third-order valence-corrected chi connectivity index (χ3v) is 6.57. The Morgan fingerprint density at radius 1 is 0.882 bits per heavy atom. The minimum Gasteiger partial charge on any atom is -0.336 e. The molecular formula is C27H24N6O. The molecule has 2 aliphatic heterocycles. The van der Waals surface area contributed by atoms with Crippen molar-refractivity contribution >= 4 is 17.6 Å². The SMILES string of the molecule is O=C(CN1C(c2ccccc2)=CC(c2ccccc2)n2nnnc21)N1CCc2ccccc2C1. The summed E-state index contributed by atoms with van der Waals surface area (Å²) in [6.45, 7) is 1.52. The van der Waals surface area contributed by atoms with Gasteiger partial charge < -0.3 is 4.90 Å². The van der Waals surface area contributed by atoms with Gasteiger partial charge in [-0.15, -0.1) is 0 Å². The van der Waals surface area contributed by atoms with Gasteiger partial charge >= 0.3 is 0 Å². The zero-order valence-corrected chi connectivity index (χ0v) is 18.7. The number of carbonyl (C=O) groups excluding carboxylic acids is 1. The molecule has 168 valence electrons. The van der Waals surface area contributed by atoms with Crippen LogP contribution in [-0.4, -0.2) is 44.1 Å². The number of carbonyl (C=O) groups is 1. The lowest BCUT2D eigenvalue weighted by molar-refractivity contribution is -0.130. The molecule has 6 rings (SSSR count). The Morgan fingerprint density at radius 2 is 1.59 bits per heavy atom. The van der Waals surface area contributed by atoms with Crippen LogP contribution in [0.4, 0.5) is 5.95 Å². The van der Waals surface area contributed by atoms with Crippen molar-refractivity contribution in [3.8, 4) is 0 Å². The van der Waals surface area contributed by atoms with Crippen LogP contribution in [-0.2, 0) is 17.8 Å². The molecule has 3 heterocycles. The lowest BCUT2D eigenvalue weighted by atomic mass is 9.99. The van der Waals surface area contributed by atoms with E-state index in [1.807, 2.05) is 52.3 Å². The summed E-state index contributed by atoms with van der Waals surface area (Å²) in [7, 11) is 0. The zero-order chi connectivity index (χ0) is 22.9. The number of nitrogens with zero attached hydrogens (tertiary/aromatic N) is 6. The fourth-order valence-corrected chi connectivity index (χ4v) is 4.81. The molecule has 2 aliphatic rings. The number of tetrazole rings is 1. The van der Waals surface area contributed by atoms with Crippen molar-refractivity contribution in [1.29, 1.82) is 0 Å². The Morgan fingerprint density at radius 3 is 2.38 bits per heavy atom. The van der Waals surface area contributed by atoms with Crippen LogP contribution in [0.15, 0.2) is 91.0 Å². The van der Waals surface area contributed by atoms with Crippen molar-refractivity contribution in [3.05, 3.63) is 113 Å². The lowest BCUT2D eigenvalue weighted by Gasteiger charge is -2.35. The van der Waals surface area contributed by atoms with Crippen LogP contribution >= 0.6 is 0 Å². The molecule has 0 radical (unpaired) electrons. The predicted octanol–water partition coefficient (Wildman–Crippen LogP) is 3.71. The van der Waals surface area contributed by atoms with Crippen molar-refractivity contribution in [2.75, 3.05) is 18.0 Å². The van der Waals surface area contributed by atoms with Crippen molar-refractivity contribution in [2.45, 2.75) is 19.0 Å². The largest absolute Gasteiger partial charge is 0.336 e. The highest BCUT2D eigenvalue weighted by atomic mass is 16.2. The van der Waals surface area contributed by atoms with Gasteiger partial charge in [-0.1, -0.05) is 90.0 Å². The monoisotopic (exact) mass is 448 g/mol. The summed E-state index contributed by atoms with van der Waals surface area (Å²) in [4.78, 5) is 17.4. The number of allylic oxidation sites excluding steroid dienone is 1. The summed E-state index contributed by atoms with van der Waals surface area (Å²) in [5.41, 5.74) is 5.58. The molecule has 0 spiro atoms. The smallest absolute Gasteiger partial charge is 0.251 e. The van der Waals surface area contributed by atoms with Gasteiger partial charge in [0.1, 0.15) is 12.6 Å². The predicted molar refractivity (Wildman–Crippen MR) is 130 cm³/mol. The first-order valence-corrected chi connectivity index (χ1v) is 11.5. The van der Waals surface area contributed by atoms with E-state index in [0.29, 0.717) is 19.0 Å². The Kier molecular flexibility index (Phi) is 5.14. The van der Waals surface area contributed by atoms with E-state index in [4.69, 9.17) is 0 Å². The number of fused-ring (bicyclic) bond motifs is 2. The van der Waals surface area contributed by atoms with Crippen LogP contribution < -0.4 is 4.90 Å². The van der Waals surface area contributed by atoms with Crippen LogP contribution in [0.2, 0.25) is 0 Å². The number of rotatable bonds is 4. The highest BCUT2D eigenvalue weighted by molar-refractivity contribution is 5.89. The highest BCUT2D eigenvalue weighted by Crippen LogP contribution is 2.36. The first kappa shape index (κ1) is 20.4. The molecule has 7 nitrogen and oxygen atoms in total. The molecule has 1 atom stereocenters. The minimum atomic E-state index is -0.158. The van der Waals surface area contributed by atoms with Gasteiger partial charge in [0.15, 0.2) is 0 Å². The first-order chi connectivity index (χ1) is 16.8. The average molecular weight is 449 g/mol. The van der Waals surface area contributed by atoms with E-state index < -0.39 is 0 Å². The summed E-state index contributed by atoms with van der Waals surface area (Å²) in [6.07, 6.45) is 3.02. The Balaban J connectivity index is 1.36. The molecular weight excluding hydrogens is 424 g/mol. The second-order valence-electron chi connectivity index (χ2n) is 8.62. The second-order valence-corrected chi connectivity index (χ2v) is 8.62. The fourth-order valence-electron chi connectivity index (χ4n) is 4.81. The molecule has 0 saturated carbocycles. The molecule has 0 saturated heterocycles. The van der Waals surface area contributed by atoms with Gasteiger partial charge in [0.05, 0.1) is 5.70 Å². The number of hydrogen-bond donors (Lipinski definition) is 0. The van der Waals surface area contributed by atoms with Crippen molar-refractivity contribution < 1.29 is 4.79 Å². The molecule has 1 amide bonds. The summed E-state index contributed by atoms with van der Waals surface area (Å²) < 4.78 is 1.79. The topological polar surface area (TPSA) is 67.2 Å². The van der Waals surface area contributed by atoms with Gasteiger partial charge in [0, 0.05) is 13.1 Å². The maximum atomic E-state index is 13.5. The number of amides is 1. The second kappa shape index (κ2) is 8.59. The van der Waals surface area contributed by atoms with E-state index in [1.165, 1.54) is 11.1 Å². The van der Waals surface area contributed by atoms with Crippen molar-refractivity contribution in [3.63, 3.8) is 0 Å². The van der Waals surface area contributed by atoms with Crippen molar-refractivity contribution in [1.82, 2.24) is 25.1 Å². The van der Waals surface area contributed by atoms with Crippen molar-refractivity contribution in [2.24, 2.45) is 0 Å². The molecule has 1 unspecified atom stereocenters. The molecule has 4 aromatic rings. The van der Waals surface area contributed by atoms with Crippen LogP contribution in [0.5, 0.6) is 0 Å². The van der Waals surface area contributed by atoms with E-state index >= 15 is 0 Å². The average Bonchev–Trinajstić information content (AvgIpc) is 3.40. The molecule has 1 aromatic heterocycles. The molecule has 0 bridgehead atoms. The first-order valence-electron chi connectivity index (χ1n) is 11.5. The van der Waals surface area contributed by atoms with E-state index in [-0.39, 0.29) is 18.5 Å². The third kappa shape index (κ3) is 3.65. The Hall–Kier alpha value is -4.26. The Bertz CT molecular complexity index is 1350. The van der Waals surface area contributed by atoms with Gasteiger partial charge in [-0.25, -0.2) is 0 Å². The van der Waals surface area contributed by atoms with Gasteiger partial charge in [0.2, 0.25) is 5.91 Å². The maximum Gasteiger partial charge on any atom is 0.251 e. The van der Waals surface area contributed by atoms with Gasteiger partial charge in [-0.2, -0.15) is 4.68 Å². The molecule has 0 N–H and O–H groups in total. The van der Waals surface area contributed by atoms with Crippen LogP contribution in [0, 0.1) is 0 Å². The standard InChI is InChI=1S/C27H24N6O/c34-26(31-16-15-20-9-7-8-14-23(20)18-31)19-32-24(21-10-3-1-4-11-21)17-25(22-12-5-2-6-13-22)33-27(32)28-29-30-33/h1-14,17,25H,15-16,18-19H2. The minimum absolute atomic E-state index is 0.0593. The third-order valence-electron chi connectivity index (χ3n) is 6.57. The van der Waals surface area contributed by atoms with E-state index in [0.717, 1.165) is 23.2 Å². The molecule has 34 heavy (non-hydrogen) atoms. The molecule has 7 heteroatoms. The van der Waals surface area contributed by atoms with Gasteiger partial charge in [0.25, 0.3) is 5.95 Å². The van der Waals surface area contributed by atoms with E-state index in [1.54, 1.807) is 4.68 Å². The fraction of sp³-hybridized carbons (Fsp3) is 0.185. The molecule has 3 aromatic carbocycles. The number of benzene rings is 3. The van der Waals surface area contributed by atoms with E-state index in [9.17, 15) is 4.79 Å². The summed E-state index contributed by atoms with van der Waals surface area (Å²) in [6, 6.07) is 28.5. The molecule has 0 aliphatic carbocycles. The summed E-state index contributed by atoms with van der Waals surface area (Å²) >= 11 is 0. The maximum absolute atomic E-state index is 13.5. The van der Waals surface area contributed by atoms with Crippen LogP contribution in [0.1, 0.15) is 28.3 Å². The van der Waals surface area contributed by atoms with Crippen LogP contribution in [0.3, 0.4) is 0 Å². The number of aromatic nitrogens is 4. The Labute approximate surface area is 197 Å². The quantitative estimate of drug-likeness (QED) is 0.476. The summed E-state index contributed by atoms with van der Waals surface area (Å²) in [5.74, 6) is 0.630. The number of hydrogen-bond acceptors (Lipinski definition) is 5. The summed E-state index contributed by atoms with van der Waals surface area (Å²) in [5, 5.41) is 12.6. The van der Waals surface area contributed by atoms with E-state index in [2.05, 4.69) is 64.1 Å². The zero-order valence-electron chi connectivity index (χ0n) is 18.7. The number of anilines is 1.